The van der Waals surface area contributed by atoms with Crippen molar-refractivity contribution < 1.29 is 14.6 Å². The van der Waals surface area contributed by atoms with Gasteiger partial charge < -0.3 is 19.5 Å². The Hall–Kier alpha value is -1.26. The first-order valence-electron chi connectivity index (χ1n) is 8.13. The van der Waals surface area contributed by atoms with Gasteiger partial charge in [0, 0.05) is 13.0 Å². The van der Waals surface area contributed by atoms with Crippen LogP contribution in [0.5, 0.6) is 11.5 Å². The summed E-state index contributed by atoms with van der Waals surface area (Å²) in [4.78, 5) is 2.38. The summed E-state index contributed by atoms with van der Waals surface area (Å²) in [6.07, 6.45) is 5.57. The Labute approximate surface area is 126 Å². The first kappa shape index (κ1) is 14.7. The molecule has 4 heteroatoms. The third-order valence-corrected chi connectivity index (χ3v) is 4.29. The van der Waals surface area contributed by atoms with Gasteiger partial charge in [0.1, 0.15) is 0 Å². The SMILES string of the molecule is OC(CN1CCCCCC1)c1ccc2c(c1)OCCCO2. The number of aliphatic hydroxyl groups is 1. The molecule has 2 heterocycles. The van der Waals surface area contributed by atoms with E-state index in [1.165, 1.54) is 25.7 Å². The van der Waals surface area contributed by atoms with E-state index in [0.717, 1.165) is 36.6 Å². The summed E-state index contributed by atoms with van der Waals surface area (Å²) in [7, 11) is 0. The van der Waals surface area contributed by atoms with Crippen molar-refractivity contribution in [3.05, 3.63) is 23.8 Å². The lowest BCUT2D eigenvalue weighted by molar-refractivity contribution is 0.115. The maximum Gasteiger partial charge on any atom is 0.161 e. The average molecular weight is 291 g/mol. The first-order chi connectivity index (χ1) is 10.3. The minimum Gasteiger partial charge on any atom is -0.490 e. The van der Waals surface area contributed by atoms with Crippen molar-refractivity contribution in [1.29, 1.82) is 0 Å². The summed E-state index contributed by atoms with van der Waals surface area (Å²) < 4.78 is 11.3. The van der Waals surface area contributed by atoms with Crippen LogP contribution < -0.4 is 9.47 Å². The molecule has 0 aliphatic carbocycles. The molecule has 21 heavy (non-hydrogen) atoms. The number of hydrogen-bond acceptors (Lipinski definition) is 4. The van der Waals surface area contributed by atoms with Gasteiger partial charge in [0.15, 0.2) is 11.5 Å². The van der Waals surface area contributed by atoms with Gasteiger partial charge in [-0.1, -0.05) is 18.9 Å². The molecule has 2 aliphatic heterocycles. The predicted octanol–water partition coefficient (Wildman–Crippen LogP) is 2.76. The lowest BCUT2D eigenvalue weighted by Crippen LogP contribution is -2.29. The summed E-state index contributed by atoms with van der Waals surface area (Å²) in [6.45, 7) is 4.28. The van der Waals surface area contributed by atoms with Crippen LogP contribution in [0.25, 0.3) is 0 Å². The maximum absolute atomic E-state index is 10.5. The Bertz CT molecular complexity index is 455. The van der Waals surface area contributed by atoms with E-state index in [1.807, 2.05) is 18.2 Å². The van der Waals surface area contributed by atoms with E-state index in [-0.39, 0.29) is 0 Å². The van der Waals surface area contributed by atoms with Gasteiger partial charge in [-0.2, -0.15) is 0 Å². The van der Waals surface area contributed by atoms with Crippen molar-refractivity contribution in [2.75, 3.05) is 32.8 Å². The highest BCUT2D eigenvalue weighted by Crippen LogP contribution is 2.32. The van der Waals surface area contributed by atoms with Crippen molar-refractivity contribution >= 4 is 0 Å². The molecule has 0 saturated carbocycles. The van der Waals surface area contributed by atoms with E-state index < -0.39 is 6.10 Å². The number of benzene rings is 1. The molecule has 0 spiro atoms. The van der Waals surface area contributed by atoms with Gasteiger partial charge in [0.25, 0.3) is 0 Å². The second-order valence-electron chi connectivity index (χ2n) is 5.99. The van der Waals surface area contributed by atoms with Gasteiger partial charge in [0.2, 0.25) is 0 Å². The minimum atomic E-state index is -0.458. The van der Waals surface area contributed by atoms with Crippen LogP contribution in [0.15, 0.2) is 18.2 Å². The zero-order valence-corrected chi connectivity index (χ0v) is 12.6. The fourth-order valence-electron chi connectivity index (χ4n) is 3.06. The minimum absolute atomic E-state index is 0.458. The van der Waals surface area contributed by atoms with Crippen LogP contribution in [-0.4, -0.2) is 42.9 Å². The molecular formula is C17H25NO3. The van der Waals surface area contributed by atoms with Crippen LogP contribution in [0.1, 0.15) is 43.8 Å². The van der Waals surface area contributed by atoms with Gasteiger partial charge >= 0.3 is 0 Å². The van der Waals surface area contributed by atoms with E-state index in [0.29, 0.717) is 19.8 Å². The van der Waals surface area contributed by atoms with Gasteiger partial charge in [-0.3, -0.25) is 0 Å². The fraction of sp³-hybridized carbons (Fsp3) is 0.647. The molecule has 1 unspecified atom stereocenters. The van der Waals surface area contributed by atoms with E-state index in [2.05, 4.69) is 4.90 Å². The molecule has 3 rings (SSSR count). The van der Waals surface area contributed by atoms with Crippen molar-refractivity contribution in [1.82, 2.24) is 4.90 Å². The number of fused-ring (bicyclic) bond motifs is 1. The molecular weight excluding hydrogens is 266 g/mol. The van der Waals surface area contributed by atoms with Crippen LogP contribution in [0, 0.1) is 0 Å². The number of rotatable bonds is 3. The number of β-amino-alcohol motifs (C(OH)–C–C–N with tert-alkyl or cyclic N) is 1. The van der Waals surface area contributed by atoms with Crippen molar-refractivity contribution in [3.63, 3.8) is 0 Å². The van der Waals surface area contributed by atoms with E-state index in [9.17, 15) is 5.11 Å². The lowest BCUT2D eigenvalue weighted by atomic mass is 10.1. The van der Waals surface area contributed by atoms with Crippen LogP contribution >= 0.6 is 0 Å². The van der Waals surface area contributed by atoms with Gasteiger partial charge in [-0.25, -0.2) is 0 Å². The second-order valence-corrected chi connectivity index (χ2v) is 5.99. The zero-order chi connectivity index (χ0) is 14.5. The van der Waals surface area contributed by atoms with Gasteiger partial charge in [0.05, 0.1) is 19.3 Å². The van der Waals surface area contributed by atoms with E-state index in [4.69, 9.17) is 9.47 Å². The Kier molecular flexibility index (Phi) is 4.99. The number of hydrogen-bond donors (Lipinski definition) is 1. The van der Waals surface area contributed by atoms with Crippen LogP contribution in [0.4, 0.5) is 0 Å². The zero-order valence-electron chi connectivity index (χ0n) is 12.6. The van der Waals surface area contributed by atoms with Gasteiger partial charge in [-0.15, -0.1) is 0 Å². The van der Waals surface area contributed by atoms with Crippen LogP contribution in [0.2, 0.25) is 0 Å². The molecule has 2 aliphatic rings. The maximum atomic E-state index is 10.5. The fourth-order valence-corrected chi connectivity index (χ4v) is 3.06. The highest BCUT2D eigenvalue weighted by atomic mass is 16.5. The molecule has 0 aromatic heterocycles. The number of likely N-dealkylation sites (tertiary alicyclic amines) is 1. The first-order valence-corrected chi connectivity index (χ1v) is 8.13. The molecule has 1 aromatic carbocycles. The molecule has 1 fully saturated rings. The largest absolute Gasteiger partial charge is 0.490 e. The van der Waals surface area contributed by atoms with Crippen LogP contribution in [0.3, 0.4) is 0 Å². The highest BCUT2D eigenvalue weighted by molar-refractivity contribution is 5.44. The Balaban J connectivity index is 1.66. The van der Waals surface area contributed by atoms with Crippen molar-refractivity contribution in [2.45, 2.75) is 38.2 Å². The summed E-state index contributed by atoms with van der Waals surface area (Å²) in [5, 5.41) is 10.5. The Morgan fingerprint density at radius 2 is 1.67 bits per heavy atom. The smallest absolute Gasteiger partial charge is 0.161 e. The molecule has 1 atom stereocenters. The molecule has 116 valence electrons. The number of ether oxygens (including phenoxy) is 2. The standard InChI is InChI=1S/C17H25NO3/c19-15(13-18-8-3-1-2-4-9-18)14-6-7-16-17(12-14)21-11-5-10-20-16/h6-7,12,15,19H,1-5,8-11,13H2. The molecule has 1 N–H and O–H groups in total. The monoisotopic (exact) mass is 291 g/mol. The topological polar surface area (TPSA) is 41.9 Å². The van der Waals surface area contributed by atoms with Crippen molar-refractivity contribution in [3.8, 4) is 11.5 Å². The molecule has 1 saturated heterocycles. The Morgan fingerprint density at radius 3 is 2.43 bits per heavy atom. The van der Waals surface area contributed by atoms with E-state index >= 15 is 0 Å². The summed E-state index contributed by atoms with van der Waals surface area (Å²) in [6, 6.07) is 5.81. The van der Waals surface area contributed by atoms with Crippen molar-refractivity contribution in [2.24, 2.45) is 0 Å². The highest BCUT2D eigenvalue weighted by Gasteiger charge is 2.18. The normalized spacial score (nSPS) is 21.4. The summed E-state index contributed by atoms with van der Waals surface area (Å²) in [5.74, 6) is 1.55. The molecule has 0 radical (unpaired) electrons. The molecule has 0 amide bonds. The van der Waals surface area contributed by atoms with E-state index in [1.54, 1.807) is 0 Å². The lowest BCUT2D eigenvalue weighted by Gasteiger charge is -2.23. The number of aliphatic hydroxyl groups excluding tert-OH is 1. The molecule has 0 bridgehead atoms. The third-order valence-electron chi connectivity index (χ3n) is 4.29. The molecule has 1 aromatic rings. The van der Waals surface area contributed by atoms with Crippen LogP contribution in [-0.2, 0) is 0 Å². The second kappa shape index (κ2) is 7.14. The summed E-state index contributed by atoms with van der Waals surface area (Å²) >= 11 is 0. The number of nitrogens with zero attached hydrogens (tertiary/aromatic N) is 1. The third kappa shape index (κ3) is 3.89. The Morgan fingerprint density at radius 1 is 0.952 bits per heavy atom. The van der Waals surface area contributed by atoms with Gasteiger partial charge in [-0.05, 0) is 43.6 Å². The predicted molar refractivity (Wildman–Crippen MR) is 81.9 cm³/mol. The summed E-state index contributed by atoms with van der Waals surface area (Å²) in [5.41, 5.74) is 0.920. The average Bonchev–Trinajstić information content (AvgIpc) is 2.88. The molecule has 4 nitrogen and oxygen atoms in total. The quantitative estimate of drug-likeness (QED) is 0.930.